The van der Waals surface area contributed by atoms with Gasteiger partial charge in [0.05, 0.1) is 22.3 Å². The first kappa shape index (κ1) is 22.9. The van der Waals surface area contributed by atoms with Gasteiger partial charge in [0, 0.05) is 28.7 Å². The highest BCUT2D eigenvalue weighted by Gasteiger charge is 2.21. The van der Waals surface area contributed by atoms with Crippen molar-refractivity contribution in [2.45, 2.75) is 52.4 Å². The molecule has 0 fully saturated rings. The minimum absolute atomic E-state index is 0.0439. The highest BCUT2D eigenvalue weighted by molar-refractivity contribution is 6.10. The molecule has 174 valence electrons. The standard InChI is InChI=1S/C32H31N3/c1-31(2,3)24-11-13-28-26(17-24)27-18-25(32(4,5)6)12-14-29(27)35(28)30-16-21(9-10-22(30)19-33)23-8-7-15-34-20-23/h7-18,20H,1-6H3. The molecule has 5 rings (SSSR count). The molecule has 0 aliphatic carbocycles. The zero-order valence-electron chi connectivity index (χ0n) is 21.3. The average Bonchev–Trinajstić information content (AvgIpc) is 3.16. The maximum absolute atomic E-state index is 10.0. The normalized spacial score (nSPS) is 12.3. The molecule has 0 radical (unpaired) electrons. The molecule has 5 aromatic rings. The van der Waals surface area contributed by atoms with Crippen LogP contribution in [0.1, 0.15) is 58.2 Å². The van der Waals surface area contributed by atoms with E-state index in [4.69, 9.17) is 0 Å². The number of aromatic nitrogens is 2. The van der Waals surface area contributed by atoms with Gasteiger partial charge in [-0.1, -0.05) is 65.8 Å². The molecule has 0 atom stereocenters. The lowest BCUT2D eigenvalue weighted by molar-refractivity contribution is 0.590. The summed E-state index contributed by atoms with van der Waals surface area (Å²) in [7, 11) is 0. The summed E-state index contributed by atoms with van der Waals surface area (Å²) in [6.45, 7) is 13.5. The quantitative estimate of drug-likeness (QED) is 0.267. The van der Waals surface area contributed by atoms with Crippen molar-refractivity contribution in [1.82, 2.24) is 9.55 Å². The van der Waals surface area contributed by atoms with Crippen molar-refractivity contribution in [3.05, 3.63) is 95.8 Å². The predicted molar refractivity (Wildman–Crippen MR) is 146 cm³/mol. The van der Waals surface area contributed by atoms with Gasteiger partial charge in [0.2, 0.25) is 0 Å². The van der Waals surface area contributed by atoms with E-state index in [-0.39, 0.29) is 10.8 Å². The Morgan fingerprint density at radius 1 is 0.714 bits per heavy atom. The second-order valence-corrected chi connectivity index (χ2v) is 11.4. The third-order valence-corrected chi connectivity index (χ3v) is 6.85. The number of pyridine rings is 1. The van der Waals surface area contributed by atoms with Crippen LogP contribution in [0.2, 0.25) is 0 Å². The predicted octanol–water partition coefficient (Wildman–Crippen LogP) is 8.31. The minimum Gasteiger partial charge on any atom is -0.308 e. The molecular weight excluding hydrogens is 426 g/mol. The number of nitrogens with zero attached hydrogens (tertiary/aromatic N) is 3. The van der Waals surface area contributed by atoms with Gasteiger partial charge in [0.25, 0.3) is 0 Å². The number of fused-ring (bicyclic) bond motifs is 3. The van der Waals surface area contributed by atoms with Gasteiger partial charge in [-0.3, -0.25) is 4.98 Å². The van der Waals surface area contributed by atoms with E-state index in [2.05, 4.69) is 106 Å². The molecule has 3 aromatic carbocycles. The van der Waals surface area contributed by atoms with Crippen LogP contribution in [0.25, 0.3) is 38.6 Å². The Hall–Kier alpha value is -3.90. The Kier molecular flexibility index (Phi) is 5.29. The topological polar surface area (TPSA) is 41.6 Å². The first-order valence-corrected chi connectivity index (χ1v) is 12.1. The van der Waals surface area contributed by atoms with Crippen LogP contribution in [0.3, 0.4) is 0 Å². The maximum atomic E-state index is 10.0. The zero-order chi connectivity index (χ0) is 25.0. The molecule has 0 aliphatic heterocycles. The molecule has 0 N–H and O–H groups in total. The molecule has 0 saturated carbocycles. The Labute approximate surface area is 207 Å². The molecule has 0 spiro atoms. The molecule has 0 unspecified atom stereocenters. The van der Waals surface area contributed by atoms with E-state index in [1.807, 2.05) is 24.4 Å². The van der Waals surface area contributed by atoms with Crippen molar-refractivity contribution in [3.63, 3.8) is 0 Å². The summed E-state index contributed by atoms with van der Waals surface area (Å²) in [5.41, 5.74) is 8.52. The molecule has 3 nitrogen and oxygen atoms in total. The third kappa shape index (κ3) is 4.00. The van der Waals surface area contributed by atoms with E-state index in [0.717, 1.165) is 27.8 Å². The van der Waals surface area contributed by atoms with Crippen LogP contribution in [-0.2, 0) is 10.8 Å². The lowest BCUT2D eigenvalue weighted by Gasteiger charge is -2.19. The van der Waals surface area contributed by atoms with Crippen LogP contribution in [0, 0.1) is 11.3 Å². The number of hydrogen-bond acceptors (Lipinski definition) is 2. The van der Waals surface area contributed by atoms with Gasteiger partial charge in [-0.25, -0.2) is 0 Å². The van der Waals surface area contributed by atoms with E-state index in [1.54, 1.807) is 6.20 Å². The minimum atomic E-state index is 0.0439. The van der Waals surface area contributed by atoms with Crippen LogP contribution in [0.15, 0.2) is 79.1 Å². The molecule has 2 heterocycles. The number of rotatable bonds is 2. The molecular formula is C32H31N3. The van der Waals surface area contributed by atoms with Crippen LogP contribution >= 0.6 is 0 Å². The molecule has 0 bridgehead atoms. The van der Waals surface area contributed by atoms with Crippen LogP contribution in [0.4, 0.5) is 0 Å². The van der Waals surface area contributed by atoms with Gasteiger partial charge in [-0.05, 0) is 70.0 Å². The number of benzene rings is 3. The van der Waals surface area contributed by atoms with Crippen LogP contribution in [-0.4, -0.2) is 9.55 Å². The molecule has 0 amide bonds. The van der Waals surface area contributed by atoms with Gasteiger partial charge in [0.1, 0.15) is 6.07 Å². The monoisotopic (exact) mass is 457 g/mol. The van der Waals surface area contributed by atoms with Gasteiger partial charge in [-0.15, -0.1) is 0 Å². The smallest absolute Gasteiger partial charge is 0.101 e. The van der Waals surface area contributed by atoms with E-state index in [1.165, 1.54) is 21.9 Å². The van der Waals surface area contributed by atoms with E-state index in [9.17, 15) is 5.26 Å². The summed E-state index contributed by atoms with van der Waals surface area (Å²) in [4.78, 5) is 4.29. The Bertz CT molecular complexity index is 1530. The van der Waals surface area contributed by atoms with Crippen LogP contribution in [0.5, 0.6) is 0 Å². The molecule has 3 heteroatoms. The van der Waals surface area contributed by atoms with Gasteiger partial charge >= 0.3 is 0 Å². The molecule has 2 aromatic heterocycles. The highest BCUT2D eigenvalue weighted by Crippen LogP contribution is 2.38. The summed E-state index contributed by atoms with van der Waals surface area (Å²) < 4.78 is 2.25. The molecule has 0 aliphatic rings. The van der Waals surface area contributed by atoms with Crippen molar-refractivity contribution in [1.29, 1.82) is 5.26 Å². The second-order valence-electron chi connectivity index (χ2n) is 11.4. The van der Waals surface area contributed by atoms with Gasteiger partial charge in [0.15, 0.2) is 0 Å². The Balaban J connectivity index is 1.88. The van der Waals surface area contributed by atoms with Crippen molar-refractivity contribution in [3.8, 4) is 22.9 Å². The van der Waals surface area contributed by atoms with Crippen molar-refractivity contribution < 1.29 is 0 Å². The number of hydrogen-bond donors (Lipinski definition) is 0. The summed E-state index contributed by atoms with van der Waals surface area (Å²) in [6.07, 6.45) is 3.64. The lowest BCUT2D eigenvalue weighted by atomic mass is 9.85. The average molecular weight is 458 g/mol. The Morgan fingerprint density at radius 3 is 1.80 bits per heavy atom. The Morgan fingerprint density at radius 2 is 1.31 bits per heavy atom. The summed E-state index contributed by atoms with van der Waals surface area (Å²) in [5.74, 6) is 0. The van der Waals surface area contributed by atoms with Crippen molar-refractivity contribution in [2.24, 2.45) is 0 Å². The maximum Gasteiger partial charge on any atom is 0.101 e. The van der Waals surface area contributed by atoms with Crippen LogP contribution < -0.4 is 0 Å². The largest absolute Gasteiger partial charge is 0.308 e. The number of nitriles is 1. The summed E-state index contributed by atoms with van der Waals surface area (Å²) in [6, 6.07) is 26.0. The zero-order valence-corrected chi connectivity index (χ0v) is 21.3. The fourth-order valence-corrected chi connectivity index (χ4v) is 4.74. The van der Waals surface area contributed by atoms with Gasteiger partial charge < -0.3 is 4.57 Å². The van der Waals surface area contributed by atoms with Gasteiger partial charge in [-0.2, -0.15) is 5.26 Å². The van der Waals surface area contributed by atoms with E-state index in [0.29, 0.717) is 5.56 Å². The fraction of sp³-hybridized carbons (Fsp3) is 0.250. The first-order valence-electron chi connectivity index (χ1n) is 12.1. The fourth-order valence-electron chi connectivity index (χ4n) is 4.74. The first-order chi connectivity index (χ1) is 16.6. The molecule has 35 heavy (non-hydrogen) atoms. The summed E-state index contributed by atoms with van der Waals surface area (Å²) in [5, 5.41) is 12.5. The van der Waals surface area contributed by atoms with Crippen molar-refractivity contribution >= 4 is 21.8 Å². The SMILES string of the molecule is CC(C)(C)c1ccc2c(c1)c1cc(C(C)(C)C)ccc1n2-c1cc(-c2cccnc2)ccc1C#N. The molecule has 0 saturated heterocycles. The van der Waals surface area contributed by atoms with E-state index >= 15 is 0 Å². The third-order valence-electron chi connectivity index (χ3n) is 6.85. The van der Waals surface area contributed by atoms with Crippen molar-refractivity contribution in [2.75, 3.05) is 0 Å². The highest BCUT2D eigenvalue weighted by atomic mass is 15.0. The van der Waals surface area contributed by atoms with E-state index < -0.39 is 0 Å². The second kappa shape index (κ2) is 8.10. The summed E-state index contributed by atoms with van der Waals surface area (Å²) >= 11 is 0. The lowest BCUT2D eigenvalue weighted by Crippen LogP contribution is -2.10.